The zero-order valence-electron chi connectivity index (χ0n) is 11.8. The van der Waals surface area contributed by atoms with Crippen LogP contribution in [-0.4, -0.2) is 15.6 Å². The summed E-state index contributed by atoms with van der Waals surface area (Å²) in [6, 6.07) is 9.95. The third-order valence-electron chi connectivity index (χ3n) is 4.43. The van der Waals surface area contributed by atoms with E-state index in [4.69, 9.17) is 0 Å². The van der Waals surface area contributed by atoms with E-state index < -0.39 is 11.5 Å². The number of hydrogen-bond donors (Lipinski definition) is 1. The van der Waals surface area contributed by atoms with Crippen LogP contribution in [0, 0.1) is 5.82 Å². The Hall–Kier alpha value is -2.10. The van der Waals surface area contributed by atoms with Gasteiger partial charge in [-0.05, 0) is 54.8 Å². The maximum atomic E-state index is 13.1. The minimum absolute atomic E-state index is 0.289. The highest BCUT2D eigenvalue weighted by Crippen LogP contribution is 2.38. The standard InChI is InChI=1S/C17H18FNO2/c18-14-8-6-13(7-9-14)15-5-4-12-19(15)17(16(20)21)10-2-1-3-11-17/h4-9,12H,1-3,10-11H2,(H,20,21). The lowest BCUT2D eigenvalue weighted by atomic mass is 9.81. The third-order valence-corrected chi connectivity index (χ3v) is 4.43. The first-order valence-corrected chi connectivity index (χ1v) is 7.31. The van der Waals surface area contributed by atoms with Crippen molar-refractivity contribution >= 4 is 5.97 Å². The van der Waals surface area contributed by atoms with Gasteiger partial charge in [-0.2, -0.15) is 0 Å². The molecule has 1 aromatic carbocycles. The number of halogens is 1. The zero-order chi connectivity index (χ0) is 14.9. The quantitative estimate of drug-likeness (QED) is 0.925. The van der Waals surface area contributed by atoms with Crippen molar-refractivity contribution in [2.75, 3.05) is 0 Å². The normalized spacial score (nSPS) is 17.6. The summed E-state index contributed by atoms with van der Waals surface area (Å²) < 4.78 is 14.9. The van der Waals surface area contributed by atoms with Crippen molar-refractivity contribution in [3.8, 4) is 11.3 Å². The molecule has 1 fully saturated rings. The first kappa shape index (κ1) is 13.9. The summed E-state index contributed by atoms with van der Waals surface area (Å²) in [5.41, 5.74) is 0.803. The molecular formula is C17H18FNO2. The highest BCUT2D eigenvalue weighted by atomic mass is 19.1. The molecule has 0 amide bonds. The molecule has 1 N–H and O–H groups in total. The van der Waals surface area contributed by atoms with Crippen LogP contribution in [0.25, 0.3) is 11.3 Å². The minimum atomic E-state index is -0.870. The largest absolute Gasteiger partial charge is 0.479 e. The Labute approximate surface area is 123 Å². The Morgan fingerprint density at radius 2 is 1.76 bits per heavy atom. The molecule has 0 atom stereocenters. The Bertz CT molecular complexity index is 639. The molecule has 21 heavy (non-hydrogen) atoms. The van der Waals surface area contributed by atoms with Gasteiger partial charge in [0.05, 0.1) is 0 Å². The molecule has 0 radical (unpaired) electrons. The van der Waals surface area contributed by atoms with Gasteiger partial charge in [0, 0.05) is 11.9 Å². The molecule has 1 aromatic heterocycles. The van der Waals surface area contributed by atoms with E-state index in [-0.39, 0.29) is 5.82 Å². The molecule has 1 aliphatic carbocycles. The molecule has 110 valence electrons. The van der Waals surface area contributed by atoms with Gasteiger partial charge in [0.25, 0.3) is 0 Å². The highest BCUT2D eigenvalue weighted by molar-refractivity contribution is 5.78. The number of hydrogen-bond acceptors (Lipinski definition) is 1. The summed E-state index contributed by atoms with van der Waals surface area (Å²) in [5.74, 6) is -1.07. The molecule has 3 nitrogen and oxygen atoms in total. The van der Waals surface area contributed by atoms with E-state index >= 15 is 0 Å². The monoisotopic (exact) mass is 287 g/mol. The third kappa shape index (κ3) is 2.35. The van der Waals surface area contributed by atoms with Gasteiger partial charge in [-0.15, -0.1) is 0 Å². The average Bonchev–Trinajstić information content (AvgIpc) is 2.98. The predicted molar refractivity (Wildman–Crippen MR) is 78.5 cm³/mol. The van der Waals surface area contributed by atoms with Crippen LogP contribution >= 0.6 is 0 Å². The fourth-order valence-electron chi connectivity index (χ4n) is 3.30. The molecule has 1 heterocycles. The van der Waals surface area contributed by atoms with Crippen LogP contribution in [0.5, 0.6) is 0 Å². The van der Waals surface area contributed by atoms with E-state index in [1.54, 1.807) is 12.1 Å². The molecule has 0 aliphatic heterocycles. The summed E-state index contributed by atoms with van der Waals surface area (Å²) in [6.07, 6.45) is 6.05. The topological polar surface area (TPSA) is 42.2 Å². The van der Waals surface area contributed by atoms with Gasteiger partial charge < -0.3 is 9.67 Å². The van der Waals surface area contributed by atoms with Gasteiger partial charge in [0.15, 0.2) is 0 Å². The lowest BCUT2D eigenvalue weighted by molar-refractivity contribution is -0.149. The summed E-state index contributed by atoms with van der Waals surface area (Å²) in [7, 11) is 0. The SMILES string of the molecule is O=C(O)C1(n2cccc2-c2ccc(F)cc2)CCCCC1. The molecular weight excluding hydrogens is 269 g/mol. The molecule has 2 aromatic rings. The smallest absolute Gasteiger partial charge is 0.329 e. The Kier molecular flexibility index (Phi) is 3.53. The second kappa shape index (κ2) is 5.35. The van der Waals surface area contributed by atoms with Crippen LogP contribution in [0.2, 0.25) is 0 Å². The van der Waals surface area contributed by atoms with Gasteiger partial charge in [0.2, 0.25) is 0 Å². The van der Waals surface area contributed by atoms with Crippen LogP contribution in [0.15, 0.2) is 42.6 Å². The number of carboxylic acids is 1. The Balaban J connectivity index is 2.08. The van der Waals surface area contributed by atoms with Crippen molar-refractivity contribution in [3.05, 3.63) is 48.4 Å². The fraction of sp³-hybridized carbons (Fsp3) is 0.353. The van der Waals surface area contributed by atoms with Gasteiger partial charge >= 0.3 is 5.97 Å². The van der Waals surface area contributed by atoms with Crippen LogP contribution in [0.3, 0.4) is 0 Å². The van der Waals surface area contributed by atoms with Crippen molar-refractivity contribution in [3.63, 3.8) is 0 Å². The van der Waals surface area contributed by atoms with E-state index in [9.17, 15) is 14.3 Å². The Morgan fingerprint density at radius 1 is 1.10 bits per heavy atom. The summed E-state index contributed by atoms with van der Waals surface area (Å²) in [5, 5.41) is 9.80. The summed E-state index contributed by atoms with van der Waals surface area (Å²) in [4.78, 5) is 11.9. The van der Waals surface area contributed by atoms with Crippen LogP contribution in [0.4, 0.5) is 4.39 Å². The van der Waals surface area contributed by atoms with Crippen LogP contribution in [-0.2, 0) is 10.3 Å². The fourth-order valence-corrected chi connectivity index (χ4v) is 3.30. The molecule has 3 rings (SSSR count). The highest BCUT2D eigenvalue weighted by Gasteiger charge is 2.42. The molecule has 0 bridgehead atoms. The van der Waals surface area contributed by atoms with E-state index in [0.717, 1.165) is 30.5 Å². The van der Waals surface area contributed by atoms with Gasteiger partial charge in [0.1, 0.15) is 11.4 Å². The first-order valence-electron chi connectivity index (χ1n) is 7.31. The lowest BCUT2D eigenvalue weighted by Crippen LogP contribution is -2.43. The molecule has 0 spiro atoms. The lowest BCUT2D eigenvalue weighted by Gasteiger charge is -2.36. The van der Waals surface area contributed by atoms with Gasteiger partial charge in [-0.25, -0.2) is 9.18 Å². The van der Waals surface area contributed by atoms with Crippen molar-refractivity contribution in [1.29, 1.82) is 0 Å². The van der Waals surface area contributed by atoms with Gasteiger partial charge in [-0.1, -0.05) is 19.3 Å². The van der Waals surface area contributed by atoms with Crippen LogP contribution in [0.1, 0.15) is 32.1 Å². The van der Waals surface area contributed by atoms with E-state index in [0.29, 0.717) is 12.8 Å². The molecule has 1 saturated carbocycles. The zero-order valence-corrected chi connectivity index (χ0v) is 11.8. The number of benzene rings is 1. The van der Waals surface area contributed by atoms with E-state index in [1.807, 2.05) is 22.9 Å². The summed E-state index contributed by atoms with van der Waals surface area (Å²) in [6.45, 7) is 0. The number of aromatic nitrogens is 1. The molecule has 0 unspecified atom stereocenters. The molecule has 0 saturated heterocycles. The number of carboxylic acid groups (broad SMARTS) is 1. The van der Waals surface area contributed by atoms with E-state index in [2.05, 4.69) is 0 Å². The summed E-state index contributed by atoms with van der Waals surface area (Å²) >= 11 is 0. The Morgan fingerprint density at radius 3 is 2.38 bits per heavy atom. The number of rotatable bonds is 3. The van der Waals surface area contributed by atoms with Crippen molar-refractivity contribution < 1.29 is 14.3 Å². The van der Waals surface area contributed by atoms with Gasteiger partial charge in [-0.3, -0.25) is 0 Å². The number of nitrogens with zero attached hydrogens (tertiary/aromatic N) is 1. The maximum absolute atomic E-state index is 13.1. The van der Waals surface area contributed by atoms with Crippen molar-refractivity contribution in [2.45, 2.75) is 37.6 Å². The van der Waals surface area contributed by atoms with E-state index in [1.165, 1.54) is 12.1 Å². The van der Waals surface area contributed by atoms with Crippen molar-refractivity contribution in [1.82, 2.24) is 4.57 Å². The number of aliphatic carboxylic acids is 1. The molecule has 4 heteroatoms. The maximum Gasteiger partial charge on any atom is 0.329 e. The average molecular weight is 287 g/mol. The second-order valence-electron chi connectivity index (χ2n) is 5.67. The van der Waals surface area contributed by atoms with Crippen LogP contribution < -0.4 is 0 Å². The number of carbonyl (C=O) groups is 1. The first-order chi connectivity index (χ1) is 10.1. The molecule has 1 aliphatic rings. The minimum Gasteiger partial charge on any atom is -0.479 e. The second-order valence-corrected chi connectivity index (χ2v) is 5.67. The predicted octanol–water partition coefficient (Wildman–Crippen LogP) is 4.04. The van der Waals surface area contributed by atoms with Crippen molar-refractivity contribution in [2.24, 2.45) is 0 Å².